The molecule has 0 atom stereocenters. The van der Waals surface area contributed by atoms with Crippen molar-refractivity contribution in [2.24, 2.45) is 10.2 Å². The fourth-order valence-electron chi connectivity index (χ4n) is 2.31. The van der Waals surface area contributed by atoms with E-state index in [0.717, 1.165) is 5.56 Å². The Morgan fingerprint density at radius 3 is 1.91 bits per heavy atom. The van der Waals surface area contributed by atoms with Crippen LogP contribution in [0.25, 0.3) is 0 Å². The van der Waals surface area contributed by atoms with Crippen molar-refractivity contribution in [1.29, 1.82) is 0 Å². The molecule has 0 fully saturated rings. The molecule has 0 aliphatic heterocycles. The molecule has 0 aliphatic carbocycles. The lowest BCUT2D eigenvalue weighted by Gasteiger charge is -2.07. The van der Waals surface area contributed by atoms with E-state index in [0.29, 0.717) is 28.1 Å². The first kappa shape index (κ1) is 17.1. The van der Waals surface area contributed by atoms with Crippen molar-refractivity contribution in [1.82, 2.24) is 0 Å². The molecular formula is C16H18N2O4S. The summed E-state index contributed by atoms with van der Waals surface area (Å²) in [7, 11) is -4.31. The average molecular weight is 334 g/mol. The van der Waals surface area contributed by atoms with Crippen LogP contribution < -0.4 is 0 Å². The van der Waals surface area contributed by atoms with Crippen LogP contribution in [-0.4, -0.2) is 18.1 Å². The molecule has 2 aromatic rings. The van der Waals surface area contributed by atoms with Crippen LogP contribution in [0, 0.1) is 27.7 Å². The zero-order chi connectivity index (χ0) is 17.4. The van der Waals surface area contributed by atoms with Gasteiger partial charge in [-0.15, -0.1) is 0 Å². The Bertz CT molecular complexity index is 880. The molecule has 0 spiro atoms. The maximum Gasteiger partial charge on any atom is 0.294 e. The Balaban J connectivity index is 2.48. The molecule has 0 aliphatic rings. The van der Waals surface area contributed by atoms with E-state index in [-0.39, 0.29) is 10.6 Å². The molecule has 0 bridgehead atoms. The number of benzene rings is 2. The standard InChI is InChI=1S/C16H18N2O4S/c1-9-5-10(2)15(23(20,21)22)8-14(9)18-17-13-6-11(3)16(19)12(4)7-13/h5-8,19H,1-4H3,(H,20,21,22)/b18-17+. The third-order valence-electron chi connectivity index (χ3n) is 3.52. The summed E-state index contributed by atoms with van der Waals surface area (Å²) in [6.45, 7) is 6.90. The van der Waals surface area contributed by atoms with Crippen LogP contribution in [0.3, 0.4) is 0 Å². The van der Waals surface area contributed by atoms with E-state index in [4.69, 9.17) is 0 Å². The van der Waals surface area contributed by atoms with Gasteiger partial charge in [0.2, 0.25) is 0 Å². The van der Waals surface area contributed by atoms with Crippen molar-refractivity contribution in [2.75, 3.05) is 0 Å². The second kappa shape index (κ2) is 6.10. The van der Waals surface area contributed by atoms with Gasteiger partial charge in [0.05, 0.1) is 16.3 Å². The van der Waals surface area contributed by atoms with Crippen molar-refractivity contribution < 1.29 is 18.1 Å². The van der Waals surface area contributed by atoms with E-state index in [1.54, 1.807) is 45.9 Å². The molecule has 0 saturated carbocycles. The van der Waals surface area contributed by atoms with Gasteiger partial charge in [0, 0.05) is 0 Å². The summed E-state index contributed by atoms with van der Waals surface area (Å²) in [5, 5.41) is 17.9. The van der Waals surface area contributed by atoms with E-state index in [9.17, 15) is 18.1 Å². The van der Waals surface area contributed by atoms with Gasteiger partial charge in [0.15, 0.2) is 0 Å². The van der Waals surface area contributed by atoms with Crippen molar-refractivity contribution in [3.63, 3.8) is 0 Å². The van der Waals surface area contributed by atoms with Gasteiger partial charge in [-0.1, -0.05) is 6.07 Å². The highest BCUT2D eigenvalue weighted by Gasteiger charge is 2.15. The van der Waals surface area contributed by atoms with E-state index >= 15 is 0 Å². The molecule has 122 valence electrons. The molecule has 2 N–H and O–H groups in total. The number of phenols is 1. The molecule has 6 nitrogen and oxygen atoms in total. The summed E-state index contributed by atoms with van der Waals surface area (Å²) < 4.78 is 32.0. The van der Waals surface area contributed by atoms with Crippen molar-refractivity contribution in [3.05, 3.63) is 46.5 Å². The van der Waals surface area contributed by atoms with E-state index in [2.05, 4.69) is 10.2 Å². The van der Waals surface area contributed by atoms with Gasteiger partial charge in [0.25, 0.3) is 10.1 Å². The SMILES string of the molecule is Cc1cc(C)c(S(=O)(=O)O)cc1/N=N/c1cc(C)c(O)c(C)c1. The summed E-state index contributed by atoms with van der Waals surface area (Å²) in [6.07, 6.45) is 0. The fourth-order valence-corrected chi connectivity index (χ4v) is 3.04. The minimum atomic E-state index is -4.31. The molecule has 0 radical (unpaired) electrons. The lowest BCUT2D eigenvalue weighted by atomic mass is 10.1. The molecule has 0 heterocycles. The topological polar surface area (TPSA) is 99.3 Å². The summed E-state index contributed by atoms with van der Waals surface area (Å²) in [5.74, 6) is 0.212. The molecular weight excluding hydrogens is 316 g/mol. The van der Waals surface area contributed by atoms with Crippen LogP contribution in [0.1, 0.15) is 22.3 Å². The van der Waals surface area contributed by atoms with Crippen LogP contribution >= 0.6 is 0 Å². The first-order chi connectivity index (χ1) is 10.6. The van der Waals surface area contributed by atoms with E-state index < -0.39 is 10.1 Å². The maximum atomic E-state index is 11.4. The average Bonchev–Trinajstić information content (AvgIpc) is 2.42. The van der Waals surface area contributed by atoms with Crippen LogP contribution in [0.5, 0.6) is 5.75 Å². The molecule has 23 heavy (non-hydrogen) atoms. The van der Waals surface area contributed by atoms with Crippen LogP contribution in [0.4, 0.5) is 11.4 Å². The fraction of sp³-hybridized carbons (Fsp3) is 0.250. The number of nitrogens with zero attached hydrogens (tertiary/aromatic N) is 2. The van der Waals surface area contributed by atoms with Gasteiger partial charge in [0.1, 0.15) is 5.75 Å². The highest BCUT2D eigenvalue weighted by atomic mass is 32.2. The molecule has 0 amide bonds. The molecule has 7 heteroatoms. The number of aromatic hydroxyl groups is 1. The van der Waals surface area contributed by atoms with E-state index in [1.165, 1.54) is 6.07 Å². The van der Waals surface area contributed by atoms with Crippen LogP contribution in [0.15, 0.2) is 39.4 Å². The summed E-state index contributed by atoms with van der Waals surface area (Å²) in [4.78, 5) is -0.185. The van der Waals surface area contributed by atoms with Gasteiger partial charge in [-0.2, -0.15) is 18.6 Å². The van der Waals surface area contributed by atoms with Gasteiger partial charge in [-0.3, -0.25) is 4.55 Å². The third kappa shape index (κ3) is 3.75. The predicted octanol–water partition coefficient (Wildman–Crippen LogP) is 4.29. The van der Waals surface area contributed by atoms with Gasteiger partial charge >= 0.3 is 0 Å². The molecule has 0 unspecified atom stereocenters. The van der Waals surface area contributed by atoms with Crippen LogP contribution in [-0.2, 0) is 10.1 Å². The maximum absolute atomic E-state index is 11.4. The van der Waals surface area contributed by atoms with Gasteiger partial charge in [-0.05, 0) is 68.1 Å². The first-order valence-electron chi connectivity index (χ1n) is 6.90. The zero-order valence-electron chi connectivity index (χ0n) is 13.3. The number of azo groups is 1. The van der Waals surface area contributed by atoms with Crippen LogP contribution in [0.2, 0.25) is 0 Å². The Morgan fingerprint density at radius 2 is 1.39 bits per heavy atom. The Hall–Kier alpha value is -2.25. The van der Waals surface area contributed by atoms with Crippen molar-refractivity contribution >= 4 is 21.5 Å². The quantitative estimate of drug-likeness (QED) is 0.646. The first-order valence-corrected chi connectivity index (χ1v) is 8.34. The Labute approximate surface area is 135 Å². The summed E-state index contributed by atoms with van der Waals surface area (Å²) >= 11 is 0. The second-order valence-corrected chi connectivity index (χ2v) is 6.90. The number of aryl methyl sites for hydroxylation is 4. The largest absolute Gasteiger partial charge is 0.507 e. The smallest absolute Gasteiger partial charge is 0.294 e. The van der Waals surface area contributed by atoms with E-state index in [1.807, 2.05) is 0 Å². The van der Waals surface area contributed by atoms with Gasteiger partial charge in [-0.25, -0.2) is 0 Å². The second-order valence-electron chi connectivity index (χ2n) is 5.51. The Kier molecular flexibility index (Phi) is 4.53. The highest BCUT2D eigenvalue weighted by Crippen LogP contribution is 2.30. The normalized spacial score (nSPS) is 12.0. The molecule has 0 aromatic heterocycles. The third-order valence-corrected chi connectivity index (χ3v) is 4.52. The van der Waals surface area contributed by atoms with Crippen molar-refractivity contribution in [2.45, 2.75) is 32.6 Å². The monoisotopic (exact) mass is 334 g/mol. The minimum absolute atomic E-state index is 0.185. The zero-order valence-corrected chi connectivity index (χ0v) is 14.1. The molecule has 2 aromatic carbocycles. The number of rotatable bonds is 3. The Morgan fingerprint density at radius 1 is 0.826 bits per heavy atom. The molecule has 0 saturated heterocycles. The summed E-state index contributed by atoms with van der Waals surface area (Å²) in [5.41, 5.74) is 3.44. The highest BCUT2D eigenvalue weighted by molar-refractivity contribution is 7.85. The van der Waals surface area contributed by atoms with Crippen molar-refractivity contribution in [3.8, 4) is 5.75 Å². The number of hydrogen-bond acceptors (Lipinski definition) is 5. The lowest BCUT2D eigenvalue weighted by molar-refractivity contribution is 0.467. The lowest BCUT2D eigenvalue weighted by Crippen LogP contribution is -2.01. The van der Waals surface area contributed by atoms with Gasteiger partial charge < -0.3 is 5.11 Å². The number of phenolic OH excluding ortho intramolecular Hbond substituents is 1. The minimum Gasteiger partial charge on any atom is -0.507 e. The molecule has 2 rings (SSSR count). The number of hydrogen-bond donors (Lipinski definition) is 2. The summed E-state index contributed by atoms with van der Waals surface area (Å²) in [6, 6.07) is 6.28. The predicted molar refractivity (Wildman–Crippen MR) is 87.5 cm³/mol.